The van der Waals surface area contributed by atoms with Gasteiger partial charge in [0.15, 0.2) is 0 Å². The first-order valence-electron chi connectivity index (χ1n) is 7.32. The Bertz CT molecular complexity index is 667. The van der Waals surface area contributed by atoms with Crippen molar-refractivity contribution in [2.75, 3.05) is 6.54 Å². The third-order valence-corrected chi connectivity index (χ3v) is 4.69. The summed E-state index contributed by atoms with van der Waals surface area (Å²) < 4.78 is 0. The van der Waals surface area contributed by atoms with E-state index in [1.807, 2.05) is 36.4 Å². The topological polar surface area (TPSA) is 41.1 Å². The fourth-order valence-corrected chi connectivity index (χ4v) is 3.59. The predicted octanol–water partition coefficient (Wildman–Crippen LogP) is 2.32. The lowest BCUT2D eigenvalue weighted by molar-refractivity contribution is 0.0925. The van der Waals surface area contributed by atoms with Crippen LogP contribution in [0.15, 0.2) is 42.5 Å². The van der Waals surface area contributed by atoms with Gasteiger partial charge in [-0.1, -0.05) is 30.3 Å². The Balaban J connectivity index is 1.54. The van der Waals surface area contributed by atoms with Gasteiger partial charge in [0.05, 0.1) is 0 Å². The first kappa shape index (κ1) is 11.9. The molecule has 1 amide bonds. The summed E-state index contributed by atoms with van der Waals surface area (Å²) in [4.78, 5) is 12.4. The monoisotopic (exact) mass is 266 g/mol. The fourth-order valence-electron chi connectivity index (χ4n) is 3.59. The molecule has 3 atom stereocenters. The lowest BCUT2D eigenvalue weighted by Crippen LogP contribution is -2.44. The lowest BCUT2D eigenvalue weighted by atomic mass is 10.0. The third kappa shape index (κ3) is 1.98. The van der Waals surface area contributed by atoms with Crippen LogP contribution in [0.2, 0.25) is 0 Å². The van der Waals surface area contributed by atoms with Gasteiger partial charge in [0.25, 0.3) is 5.91 Å². The molecule has 102 valence electrons. The Morgan fingerprint density at radius 2 is 1.95 bits per heavy atom. The molecule has 2 aliphatic rings. The standard InChI is InChI=1S/C17H18N2O/c20-17(19-16-9-15-8-14(16)10-18-15)13-6-5-11-3-1-2-4-12(11)7-13/h1-7,14-16,18H,8-10H2,(H,19,20). The van der Waals surface area contributed by atoms with Crippen molar-refractivity contribution in [2.45, 2.75) is 24.9 Å². The van der Waals surface area contributed by atoms with Gasteiger partial charge in [-0.15, -0.1) is 0 Å². The van der Waals surface area contributed by atoms with Crippen molar-refractivity contribution in [3.63, 3.8) is 0 Å². The van der Waals surface area contributed by atoms with Gasteiger partial charge in [-0.2, -0.15) is 0 Å². The van der Waals surface area contributed by atoms with Crippen LogP contribution < -0.4 is 10.6 Å². The third-order valence-electron chi connectivity index (χ3n) is 4.69. The number of carbonyl (C=O) groups excluding carboxylic acids is 1. The molecule has 3 unspecified atom stereocenters. The number of amides is 1. The van der Waals surface area contributed by atoms with E-state index in [0.717, 1.165) is 23.9 Å². The van der Waals surface area contributed by atoms with Gasteiger partial charge in [-0.3, -0.25) is 4.79 Å². The number of hydrogen-bond donors (Lipinski definition) is 2. The summed E-state index contributed by atoms with van der Waals surface area (Å²) in [5.74, 6) is 0.678. The van der Waals surface area contributed by atoms with Crippen LogP contribution in [-0.2, 0) is 0 Å². The van der Waals surface area contributed by atoms with Crippen LogP contribution in [0.4, 0.5) is 0 Å². The van der Waals surface area contributed by atoms with Crippen molar-refractivity contribution in [3.8, 4) is 0 Å². The van der Waals surface area contributed by atoms with E-state index in [1.54, 1.807) is 0 Å². The second-order valence-electron chi connectivity index (χ2n) is 5.98. The molecule has 3 heteroatoms. The molecule has 0 aromatic heterocycles. The van der Waals surface area contributed by atoms with Gasteiger partial charge in [0.1, 0.15) is 0 Å². The van der Waals surface area contributed by atoms with Gasteiger partial charge in [-0.05, 0) is 41.7 Å². The van der Waals surface area contributed by atoms with Crippen LogP contribution >= 0.6 is 0 Å². The minimum Gasteiger partial charge on any atom is -0.349 e. The van der Waals surface area contributed by atoms with Crippen LogP contribution in [0.1, 0.15) is 23.2 Å². The van der Waals surface area contributed by atoms with Crippen molar-refractivity contribution in [3.05, 3.63) is 48.0 Å². The first-order chi connectivity index (χ1) is 9.79. The Morgan fingerprint density at radius 3 is 2.70 bits per heavy atom. The summed E-state index contributed by atoms with van der Waals surface area (Å²) >= 11 is 0. The highest BCUT2D eigenvalue weighted by Crippen LogP contribution is 2.31. The number of piperidine rings is 1. The Kier molecular flexibility index (Phi) is 2.74. The Labute approximate surface area is 118 Å². The van der Waals surface area contributed by atoms with Crippen LogP contribution in [0, 0.1) is 5.92 Å². The minimum atomic E-state index is 0.0632. The maximum Gasteiger partial charge on any atom is 0.251 e. The largest absolute Gasteiger partial charge is 0.349 e. The molecule has 2 aromatic rings. The highest BCUT2D eigenvalue weighted by molar-refractivity contribution is 5.98. The van der Waals surface area contributed by atoms with Crippen LogP contribution in [0.5, 0.6) is 0 Å². The molecule has 1 saturated carbocycles. The van der Waals surface area contributed by atoms with E-state index < -0.39 is 0 Å². The lowest BCUT2D eigenvalue weighted by Gasteiger charge is -2.23. The van der Waals surface area contributed by atoms with Crippen LogP contribution in [-0.4, -0.2) is 24.5 Å². The SMILES string of the molecule is O=C(NC1CC2CC1CN2)c1ccc2ccccc2c1. The van der Waals surface area contributed by atoms with Gasteiger partial charge in [-0.25, -0.2) is 0 Å². The number of fused-ring (bicyclic) bond motifs is 3. The van der Waals surface area contributed by atoms with E-state index in [4.69, 9.17) is 0 Å². The Morgan fingerprint density at radius 1 is 1.10 bits per heavy atom. The van der Waals surface area contributed by atoms with Crippen molar-refractivity contribution in [1.29, 1.82) is 0 Å². The molecule has 2 fully saturated rings. The molecule has 3 nitrogen and oxygen atoms in total. The zero-order valence-corrected chi connectivity index (χ0v) is 11.3. The summed E-state index contributed by atoms with van der Waals surface area (Å²) in [5.41, 5.74) is 0.763. The average Bonchev–Trinajstić information content (AvgIpc) is 3.09. The van der Waals surface area contributed by atoms with E-state index in [1.165, 1.54) is 11.8 Å². The molecule has 0 spiro atoms. The molecule has 20 heavy (non-hydrogen) atoms. The quantitative estimate of drug-likeness (QED) is 0.876. The molecule has 2 aromatic carbocycles. The molecular weight excluding hydrogens is 248 g/mol. The summed E-state index contributed by atoms with van der Waals surface area (Å²) in [6, 6.07) is 15.0. The fraction of sp³-hybridized carbons (Fsp3) is 0.353. The smallest absolute Gasteiger partial charge is 0.251 e. The minimum absolute atomic E-state index is 0.0632. The summed E-state index contributed by atoms with van der Waals surface area (Å²) in [7, 11) is 0. The van der Waals surface area contributed by atoms with E-state index in [9.17, 15) is 4.79 Å². The second-order valence-corrected chi connectivity index (χ2v) is 5.98. The van der Waals surface area contributed by atoms with Crippen LogP contribution in [0.3, 0.4) is 0 Å². The zero-order valence-electron chi connectivity index (χ0n) is 11.3. The number of carbonyl (C=O) groups is 1. The van der Waals surface area contributed by atoms with Gasteiger partial charge < -0.3 is 10.6 Å². The summed E-state index contributed by atoms with van der Waals surface area (Å²) in [6.07, 6.45) is 2.28. The Hall–Kier alpha value is -1.87. The normalized spacial score (nSPS) is 27.9. The second kappa shape index (κ2) is 4.60. The number of rotatable bonds is 2. The molecular formula is C17H18N2O. The number of nitrogens with one attached hydrogen (secondary N) is 2. The maximum atomic E-state index is 12.4. The van der Waals surface area contributed by atoms with Gasteiger partial charge in [0, 0.05) is 24.2 Å². The highest BCUT2D eigenvalue weighted by Gasteiger charge is 2.39. The zero-order chi connectivity index (χ0) is 13.5. The number of hydrogen-bond acceptors (Lipinski definition) is 2. The molecule has 1 aliphatic carbocycles. The molecule has 2 bridgehead atoms. The van der Waals surface area contributed by atoms with Gasteiger partial charge >= 0.3 is 0 Å². The first-order valence-corrected chi connectivity index (χ1v) is 7.32. The molecule has 1 saturated heterocycles. The van der Waals surface area contributed by atoms with E-state index in [2.05, 4.69) is 16.7 Å². The molecule has 1 aliphatic heterocycles. The predicted molar refractivity (Wildman–Crippen MR) is 79.7 cm³/mol. The van der Waals surface area contributed by atoms with E-state index >= 15 is 0 Å². The molecule has 4 rings (SSSR count). The summed E-state index contributed by atoms with van der Waals surface area (Å²) in [6.45, 7) is 1.05. The van der Waals surface area contributed by atoms with Crippen molar-refractivity contribution < 1.29 is 4.79 Å². The molecule has 1 heterocycles. The van der Waals surface area contributed by atoms with Crippen molar-refractivity contribution in [1.82, 2.24) is 10.6 Å². The van der Waals surface area contributed by atoms with Crippen LogP contribution in [0.25, 0.3) is 10.8 Å². The van der Waals surface area contributed by atoms with E-state index in [0.29, 0.717) is 18.0 Å². The molecule has 0 radical (unpaired) electrons. The van der Waals surface area contributed by atoms with Gasteiger partial charge in [0.2, 0.25) is 0 Å². The molecule has 2 N–H and O–H groups in total. The summed E-state index contributed by atoms with van der Waals surface area (Å²) in [5, 5.41) is 8.98. The van der Waals surface area contributed by atoms with Crippen molar-refractivity contribution in [2.24, 2.45) is 5.92 Å². The highest BCUT2D eigenvalue weighted by atomic mass is 16.1. The average molecular weight is 266 g/mol. The van der Waals surface area contributed by atoms with E-state index in [-0.39, 0.29) is 5.91 Å². The number of benzene rings is 2. The van der Waals surface area contributed by atoms with Crippen molar-refractivity contribution >= 4 is 16.7 Å². The maximum absolute atomic E-state index is 12.4.